The number of likely N-dealkylation sites (N-methyl/N-ethyl adjacent to an activating group) is 1. The highest BCUT2D eigenvalue weighted by atomic mass is 19.1. The van der Waals surface area contributed by atoms with Crippen LogP contribution in [0.1, 0.15) is 137 Å². The number of carbonyl (C=O) groups is 12. The number of ketones is 1. The van der Waals surface area contributed by atoms with Crippen molar-refractivity contribution in [2.45, 2.75) is 203 Å². The van der Waals surface area contributed by atoms with E-state index in [1.54, 1.807) is 67.7 Å². The number of hydrogen-bond donors (Lipinski definition) is 10. The molecule has 1 unspecified atom stereocenters. The summed E-state index contributed by atoms with van der Waals surface area (Å²) in [6.07, 6.45) is -0.237. The Hall–Kier alpha value is -10.2. The minimum Gasteiger partial charge on any atom is -0.497 e. The standard InChI is InChI=1S/C83H110FN13O17/c1-51-75(103)89-64(26-23-60(99)32-39-112-41-42-113-40-38-97(4,5)6)76(104)90-65-45-55-13-11-14-56(43-55)48-86-72(102)50-114-69-31-37-95-74(69)79(107)93-73(52(2)98)78(106)92-66(44-54-18-24-61(111-7)25-19-54)81(109)96-36-12-33-83(96,3)82(110)85-34-30-53-16-20-57(21-17-53)63(88-71(101)29-28-70(100)87-51)15-9-8-10-35-94-49-58(46-67(80(95)108)91-77(65)105)62-47-59(84)22-27-68(62)94/h11,13-14,16-22,24-25,27,43,47,49,51-52,63-67,69,73-74,98H,8-10,12,15,23,26,28-42,44-46,48,50H2,1-7H3,(H8-,85,86,87,88,89,90,91,92,93,100,101,102,103,104,105,106,107,110)/p+1/t51-,52+,63+,64+,65-,66-,67-,69?,73-,74-,83-/m0/s1. The monoisotopic (exact) mass is 1580 g/mol. The number of fused-ring (bicyclic) bond motifs is 16. The SMILES string of the molecule is COc1ccc(C[C@@H]2NC(=O)[C@H]([C@@H](C)O)NC(=O)[C@@H]3C4CCN3C(=O)[C@@H]3Cc5cn(c6ccc(F)cc56)CCCCC[C@@H](NC(=O)CCC(=O)N[C@@H](C)C(=O)N[C@H](CCC(=O)CCOCCOCC[N+](C)(C)C)C(=O)N[C@@H](Cc5cccc(c5)CNC(=O)CO4)C(=O)N3)c3ccc(cc3)CCNC(=O)[C@]3(C)CCCN3C2=O)cc1. The average molecular weight is 1580 g/mol. The molecule has 6 aliphatic rings. The second-order valence-corrected chi connectivity index (χ2v) is 31.6. The molecule has 114 heavy (non-hydrogen) atoms. The number of amides is 11. The van der Waals surface area contributed by atoms with E-state index in [1.807, 2.05) is 50.0 Å². The minimum atomic E-state index is -1.86. The van der Waals surface area contributed by atoms with Gasteiger partial charge in [-0.2, -0.15) is 0 Å². The molecule has 1 aromatic heterocycles. The summed E-state index contributed by atoms with van der Waals surface area (Å²) in [6.45, 7) is 5.71. The first kappa shape index (κ1) is 86.2. The van der Waals surface area contributed by atoms with Crippen LogP contribution < -0.4 is 52.6 Å². The minimum absolute atomic E-state index is 0.0177. The van der Waals surface area contributed by atoms with Gasteiger partial charge in [-0.1, -0.05) is 73.5 Å². The number of methoxy groups -OCH3 is 1. The number of aliphatic hydroxyl groups excluding tert-OH is 1. The number of hydrogen-bond acceptors (Lipinski definition) is 17. The van der Waals surface area contributed by atoms with Gasteiger partial charge in [0.2, 0.25) is 65.0 Å². The van der Waals surface area contributed by atoms with Crippen molar-refractivity contribution in [1.29, 1.82) is 0 Å². The van der Waals surface area contributed by atoms with Crippen LogP contribution >= 0.6 is 0 Å². The molecular formula is C83H111FN13O17+. The fourth-order valence-corrected chi connectivity index (χ4v) is 15.2. The molecule has 31 heteroatoms. The molecule has 11 amide bonds. The lowest BCUT2D eigenvalue weighted by molar-refractivity contribution is -0.870. The molecule has 7 heterocycles. The van der Waals surface area contributed by atoms with E-state index in [-0.39, 0.29) is 116 Å². The summed E-state index contributed by atoms with van der Waals surface area (Å²) < 4.78 is 41.6. The summed E-state index contributed by atoms with van der Waals surface area (Å²) in [7, 11) is 7.61. The van der Waals surface area contributed by atoms with Crippen LogP contribution in [0.25, 0.3) is 10.9 Å². The molecule has 0 radical (unpaired) electrons. The third kappa shape index (κ3) is 23.7. The highest BCUT2D eigenvalue weighted by Gasteiger charge is 2.50. The highest BCUT2D eigenvalue weighted by Crippen LogP contribution is 2.33. The Morgan fingerprint density at radius 3 is 2.11 bits per heavy atom. The summed E-state index contributed by atoms with van der Waals surface area (Å²) in [5.41, 5.74) is 2.66. The Kier molecular flexibility index (Phi) is 30.4. The van der Waals surface area contributed by atoms with Crippen molar-refractivity contribution in [3.05, 3.63) is 136 Å². The van der Waals surface area contributed by atoms with Crippen molar-refractivity contribution in [2.24, 2.45) is 0 Å². The van der Waals surface area contributed by atoms with Gasteiger partial charge >= 0.3 is 0 Å². The van der Waals surface area contributed by atoms with E-state index in [0.717, 1.165) is 22.6 Å². The Morgan fingerprint density at radius 2 is 1.37 bits per heavy atom. The number of aromatic nitrogens is 1. The molecule has 4 aromatic carbocycles. The molecule has 10 N–H and O–H groups in total. The molecule has 6 aliphatic heterocycles. The lowest BCUT2D eigenvalue weighted by atomic mass is 9.95. The largest absolute Gasteiger partial charge is 0.497 e. The van der Waals surface area contributed by atoms with Gasteiger partial charge in [-0.05, 0) is 129 Å². The van der Waals surface area contributed by atoms with E-state index in [4.69, 9.17) is 18.9 Å². The number of benzene rings is 4. The fourth-order valence-electron chi connectivity index (χ4n) is 15.2. The number of halogens is 1. The molecule has 2 fully saturated rings. The van der Waals surface area contributed by atoms with E-state index in [0.29, 0.717) is 95.1 Å². The van der Waals surface area contributed by atoms with Crippen molar-refractivity contribution in [3.63, 3.8) is 0 Å². The van der Waals surface area contributed by atoms with E-state index in [1.165, 1.54) is 38.0 Å². The predicted octanol–water partition coefficient (Wildman–Crippen LogP) is 2.49. The van der Waals surface area contributed by atoms with Crippen LogP contribution in [0.3, 0.4) is 0 Å². The Morgan fingerprint density at radius 1 is 0.649 bits per heavy atom. The zero-order valence-electron chi connectivity index (χ0n) is 66.2. The van der Waals surface area contributed by atoms with E-state index in [2.05, 4.69) is 47.9 Å². The zero-order chi connectivity index (χ0) is 81.8. The van der Waals surface area contributed by atoms with Crippen LogP contribution in [-0.2, 0) is 111 Å². The van der Waals surface area contributed by atoms with Crippen LogP contribution in [-0.4, -0.2) is 242 Å². The number of nitrogens with zero attached hydrogens (tertiary/aromatic N) is 4. The summed E-state index contributed by atoms with van der Waals surface area (Å²) in [4.78, 5) is 181. The van der Waals surface area contributed by atoms with Crippen LogP contribution in [0.2, 0.25) is 0 Å². The summed E-state index contributed by atoms with van der Waals surface area (Å²) >= 11 is 0. The first-order chi connectivity index (χ1) is 54.5. The first-order valence-electron chi connectivity index (χ1n) is 39.6. The van der Waals surface area contributed by atoms with Crippen LogP contribution in [0.5, 0.6) is 5.75 Å². The topological polar surface area (TPSA) is 382 Å². The van der Waals surface area contributed by atoms with Gasteiger partial charge < -0.3 is 90.8 Å². The Balaban J connectivity index is 1.06. The molecule has 2 saturated heterocycles. The molecule has 12 bridgehead atoms. The second kappa shape index (κ2) is 40.2. The number of Topliss-reactive ketones (excluding diaryl/α,β-unsaturated/α-hetero) is 1. The number of quaternary nitrogens is 1. The third-order valence-corrected chi connectivity index (χ3v) is 21.8. The maximum absolute atomic E-state index is 16.3. The predicted molar refractivity (Wildman–Crippen MR) is 418 cm³/mol. The summed E-state index contributed by atoms with van der Waals surface area (Å²) in [5.74, 6) is -9.09. The number of carbonyl (C=O) groups excluding carboxylic acids is 12. The molecule has 0 spiro atoms. The van der Waals surface area contributed by atoms with Gasteiger partial charge in [0, 0.05) is 94.8 Å². The molecule has 616 valence electrons. The number of nitrogens with one attached hydrogen (secondary N) is 9. The van der Waals surface area contributed by atoms with Gasteiger partial charge in [0.05, 0.1) is 72.9 Å². The highest BCUT2D eigenvalue weighted by molar-refractivity contribution is 6.00. The van der Waals surface area contributed by atoms with Crippen molar-refractivity contribution >= 4 is 81.7 Å². The van der Waals surface area contributed by atoms with Crippen LogP contribution in [0.4, 0.5) is 4.39 Å². The van der Waals surface area contributed by atoms with Gasteiger partial charge in [-0.25, -0.2) is 4.39 Å². The third-order valence-electron chi connectivity index (χ3n) is 21.8. The van der Waals surface area contributed by atoms with Crippen LogP contribution in [0, 0.1) is 5.82 Å². The van der Waals surface area contributed by atoms with Gasteiger partial charge in [-0.15, -0.1) is 0 Å². The lowest BCUT2D eigenvalue weighted by Gasteiger charge is -2.37. The van der Waals surface area contributed by atoms with Crippen LogP contribution in [0.15, 0.2) is 97.2 Å². The number of aliphatic hydroxyl groups is 1. The second-order valence-electron chi connectivity index (χ2n) is 31.6. The van der Waals surface area contributed by atoms with Gasteiger partial charge in [0.25, 0.3) is 0 Å². The summed E-state index contributed by atoms with van der Waals surface area (Å²) in [5, 5.41) is 37.5. The van der Waals surface area contributed by atoms with Crippen molar-refractivity contribution in [1.82, 2.24) is 62.2 Å². The molecular weight excluding hydrogens is 1470 g/mol. The number of rotatable bonds is 16. The maximum Gasteiger partial charge on any atom is 0.246 e. The quantitative estimate of drug-likeness (QED) is 0.0501. The Bertz CT molecular complexity index is 4260. The number of aryl methyl sites for hydroxylation is 1. The number of ether oxygens (including phenoxy) is 4. The fraction of sp³-hybridized carbons (Fsp3) is 0.542. The maximum atomic E-state index is 16.3. The molecule has 0 aliphatic carbocycles. The van der Waals surface area contributed by atoms with Crippen molar-refractivity contribution in [3.8, 4) is 5.75 Å². The van der Waals surface area contributed by atoms with Crippen molar-refractivity contribution in [2.75, 3.05) is 87.5 Å². The molecule has 5 aromatic rings. The lowest BCUT2D eigenvalue weighted by Crippen LogP contribution is -2.64. The average Bonchev–Trinajstić information content (AvgIpc) is 1.62. The van der Waals surface area contributed by atoms with E-state index in [9.17, 15) is 33.9 Å². The smallest absolute Gasteiger partial charge is 0.246 e. The molecule has 0 saturated carbocycles. The van der Waals surface area contributed by atoms with Gasteiger partial charge in [0.15, 0.2) is 0 Å². The molecule has 30 nitrogen and oxygen atoms in total. The first-order valence-corrected chi connectivity index (χ1v) is 39.6. The van der Waals surface area contributed by atoms with Crippen molar-refractivity contribution < 1.29 is 90.5 Å². The van der Waals surface area contributed by atoms with E-state index < -0.39 is 143 Å². The zero-order valence-corrected chi connectivity index (χ0v) is 66.2. The molecule has 11 rings (SSSR count). The Labute approximate surface area is 663 Å². The van der Waals surface area contributed by atoms with Gasteiger partial charge in [-0.3, -0.25) is 57.5 Å². The van der Waals surface area contributed by atoms with E-state index >= 15 is 33.2 Å². The normalized spacial score (nSPS) is 25.2. The van der Waals surface area contributed by atoms with Gasteiger partial charge in [0.1, 0.15) is 78.3 Å². The molecule has 11 atom stereocenters. The summed E-state index contributed by atoms with van der Waals surface area (Å²) in [6, 6.07) is 13.4.